The normalized spacial score (nSPS) is 19.1. The number of rotatable bonds is 4. The molecular formula is C21H20BrF2N3O3. The van der Waals surface area contributed by atoms with E-state index in [1.54, 1.807) is 4.57 Å². The van der Waals surface area contributed by atoms with Gasteiger partial charge in [-0.05, 0) is 65.9 Å². The molecule has 1 saturated carbocycles. The molecule has 1 aromatic heterocycles. The molecule has 2 aromatic carbocycles. The zero-order chi connectivity index (χ0) is 21.4. The van der Waals surface area contributed by atoms with Gasteiger partial charge in [-0.2, -0.15) is 4.39 Å². The van der Waals surface area contributed by atoms with E-state index in [1.807, 2.05) is 18.2 Å². The van der Waals surface area contributed by atoms with Crippen molar-refractivity contribution < 1.29 is 18.3 Å². The molecular weight excluding hydrogens is 460 g/mol. The molecule has 2 N–H and O–H groups in total. The molecule has 0 atom stereocenters. The van der Waals surface area contributed by atoms with Crippen LogP contribution in [0.1, 0.15) is 31.7 Å². The van der Waals surface area contributed by atoms with Gasteiger partial charge in [0.2, 0.25) is 11.7 Å². The van der Waals surface area contributed by atoms with Crippen LogP contribution in [0.3, 0.4) is 0 Å². The maximum atomic E-state index is 14.1. The van der Waals surface area contributed by atoms with Gasteiger partial charge < -0.3 is 15.0 Å². The maximum absolute atomic E-state index is 14.1. The summed E-state index contributed by atoms with van der Waals surface area (Å²) in [5, 5.41) is 2.48. The molecule has 0 spiro atoms. The van der Waals surface area contributed by atoms with Crippen molar-refractivity contribution in [2.45, 2.75) is 31.7 Å². The highest BCUT2D eigenvalue weighted by atomic mass is 79.9. The minimum atomic E-state index is -1.15. The largest absolute Gasteiger partial charge is 0.494 e. The predicted molar refractivity (Wildman–Crippen MR) is 113 cm³/mol. The van der Waals surface area contributed by atoms with Crippen LogP contribution >= 0.6 is 15.9 Å². The van der Waals surface area contributed by atoms with Crippen LogP contribution in [-0.2, 0) is 4.79 Å². The minimum absolute atomic E-state index is 0.0280. The Hall–Kier alpha value is -2.68. The predicted octanol–water partition coefficient (Wildman–Crippen LogP) is 4.75. The number of carbonyl (C=O) groups is 1. The number of nitrogens with zero attached hydrogens (tertiary/aromatic N) is 1. The summed E-state index contributed by atoms with van der Waals surface area (Å²) in [6.45, 7) is 0. The maximum Gasteiger partial charge on any atom is 0.326 e. The molecule has 3 aromatic rings. The first-order chi connectivity index (χ1) is 14.4. The third-order valence-electron chi connectivity index (χ3n) is 5.66. The first kappa shape index (κ1) is 20.6. The van der Waals surface area contributed by atoms with Gasteiger partial charge in [-0.3, -0.25) is 9.36 Å². The van der Waals surface area contributed by atoms with Crippen LogP contribution in [0, 0.1) is 17.6 Å². The molecule has 1 amide bonds. The smallest absolute Gasteiger partial charge is 0.326 e. The lowest BCUT2D eigenvalue weighted by Crippen LogP contribution is -2.31. The number of aromatic nitrogens is 2. The molecule has 0 unspecified atom stereocenters. The Labute approximate surface area is 179 Å². The summed E-state index contributed by atoms with van der Waals surface area (Å²) in [6, 6.07) is 8.15. The summed E-state index contributed by atoms with van der Waals surface area (Å²) >= 11 is 3.45. The van der Waals surface area contributed by atoms with Crippen LogP contribution in [0.15, 0.2) is 39.6 Å². The first-order valence-corrected chi connectivity index (χ1v) is 10.4. The lowest BCUT2D eigenvalue weighted by Gasteiger charge is -2.28. The summed E-state index contributed by atoms with van der Waals surface area (Å²) in [5.74, 6) is -3.19. The van der Waals surface area contributed by atoms with Gasteiger partial charge in [0.1, 0.15) is 0 Å². The van der Waals surface area contributed by atoms with Gasteiger partial charge in [0, 0.05) is 16.4 Å². The Morgan fingerprint density at radius 1 is 1.17 bits per heavy atom. The number of amides is 1. The van der Waals surface area contributed by atoms with E-state index in [4.69, 9.17) is 4.74 Å². The van der Waals surface area contributed by atoms with E-state index in [9.17, 15) is 18.4 Å². The number of hydrogen-bond donors (Lipinski definition) is 2. The lowest BCUT2D eigenvalue weighted by molar-refractivity contribution is -0.121. The first-order valence-electron chi connectivity index (χ1n) is 9.62. The van der Waals surface area contributed by atoms with E-state index >= 15 is 0 Å². The number of hydrogen-bond acceptors (Lipinski definition) is 3. The van der Waals surface area contributed by atoms with Gasteiger partial charge in [-0.1, -0.05) is 6.07 Å². The summed E-state index contributed by atoms with van der Waals surface area (Å²) < 4.78 is 35.3. The summed E-state index contributed by atoms with van der Waals surface area (Å²) in [7, 11) is 1.24. The summed E-state index contributed by atoms with van der Waals surface area (Å²) in [4.78, 5) is 28.0. The Bertz CT molecular complexity index is 1170. The zero-order valence-electron chi connectivity index (χ0n) is 16.2. The van der Waals surface area contributed by atoms with Gasteiger partial charge >= 0.3 is 5.69 Å². The Morgan fingerprint density at radius 2 is 1.90 bits per heavy atom. The topological polar surface area (TPSA) is 76.1 Å². The number of para-hydroxylation sites is 1. The molecule has 158 valence electrons. The van der Waals surface area contributed by atoms with E-state index in [-0.39, 0.29) is 35.0 Å². The molecule has 4 rings (SSSR count). The van der Waals surface area contributed by atoms with Gasteiger partial charge in [-0.25, -0.2) is 9.18 Å². The highest BCUT2D eigenvalue weighted by Crippen LogP contribution is 2.35. The third kappa shape index (κ3) is 3.62. The number of fused-ring (bicyclic) bond motifs is 1. The number of nitrogens with one attached hydrogen (secondary N) is 2. The molecule has 0 bridgehead atoms. The minimum Gasteiger partial charge on any atom is -0.494 e. The van der Waals surface area contributed by atoms with Crippen LogP contribution in [0.5, 0.6) is 5.75 Å². The van der Waals surface area contributed by atoms with Crippen molar-refractivity contribution in [2.24, 2.45) is 5.92 Å². The number of ether oxygens (including phenoxy) is 1. The SMILES string of the molecule is COc1ccc(NC(=O)[C@H]2CC[C@@H](n3c(=O)[nH]c4c(Br)cccc43)CC2)c(F)c1F. The second-order valence-corrected chi connectivity index (χ2v) is 8.23. The van der Waals surface area contributed by atoms with E-state index in [2.05, 4.69) is 26.2 Å². The molecule has 1 aliphatic carbocycles. The summed E-state index contributed by atoms with van der Waals surface area (Å²) in [5.41, 5.74) is 1.18. The molecule has 9 heteroatoms. The second-order valence-electron chi connectivity index (χ2n) is 7.37. The number of halogens is 3. The van der Waals surface area contributed by atoms with Crippen molar-refractivity contribution in [2.75, 3.05) is 12.4 Å². The number of H-pyrrole nitrogens is 1. The number of aromatic amines is 1. The Kier molecular flexibility index (Phi) is 5.64. The molecule has 0 radical (unpaired) electrons. The van der Waals surface area contributed by atoms with E-state index in [1.165, 1.54) is 19.2 Å². The van der Waals surface area contributed by atoms with Crippen molar-refractivity contribution in [3.05, 3.63) is 56.9 Å². The molecule has 0 saturated heterocycles. The molecule has 1 fully saturated rings. The zero-order valence-corrected chi connectivity index (χ0v) is 17.8. The van der Waals surface area contributed by atoms with Crippen LogP contribution < -0.4 is 15.7 Å². The van der Waals surface area contributed by atoms with Crippen LogP contribution in [-0.4, -0.2) is 22.6 Å². The van der Waals surface area contributed by atoms with Crippen LogP contribution in [0.2, 0.25) is 0 Å². The van der Waals surface area contributed by atoms with Crippen molar-refractivity contribution in [1.29, 1.82) is 0 Å². The number of anilines is 1. The molecule has 30 heavy (non-hydrogen) atoms. The fourth-order valence-corrected chi connectivity index (χ4v) is 4.55. The van der Waals surface area contributed by atoms with Crippen molar-refractivity contribution in [3.63, 3.8) is 0 Å². The molecule has 1 heterocycles. The fraction of sp³-hybridized carbons (Fsp3) is 0.333. The van der Waals surface area contributed by atoms with E-state index in [0.717, 1.165) is 15.5 Å². The van der Waals surface area contributed by atoms with Crippen LogP contribution in [0.4, 0.5) is 14.5 Å². The van der Waals surface area contributed by atoms with Crippen molar-refractivity contribution >= 4 is 38.6 Å². The quantitative estimate of drug-likeness (QED) is 0.566. The van der Waals surface area contributed by atoms with Gasteiger partial charge in [0.05, 0.1) is 23.8 Å². The molecule has 0 aliphatic heterocycles. The number of benzene rings is 2. The number of imidazole rings is 1. The molecule has 1 aliphatic rings. The Morgan fingerprint density at radius 3 is 2.60 bits per heavy atom. The van der Waals surface area contributed by atoms with E-state index < -0.39 is 11.6 Å². The second kappa shape index (κ2) is 8.22. The van der Waals surface area contributed by atoms with Crippen molar-refractivity contribution in [1.82, 2.24) is 9.55 Å². The van der Waals surface area contributed by atoms with Gasteiger partial charge in [-0.15, -0.1) is 0 Å². The van der Waals surface area contributed by atoms with Gasteiger partial charge in [0.25, 0.3) is 0 Å². The fourth-order valence-electron chi connectivity index (χ4n) is 4.09. The highest BCUT2D eigenvalue weighted by Gasteiger charge is 2.29. The van der Waals surface area contributed by atoms with Crippen molar-refractivity contribution in [3.8, 4) is 5.75 Å². The van der Waals surface area contributed by atoms with Gasteiger partial charge in [0.15, 0.2) is 11.6 Å². The lowest BCUT2D eigenvalue weighted by atomic mass is 9.85. The number of carbonyl (C=O) groups excluding carboxylic acids is 1. The average Bonchev–Trinajstić information content (AvgIpc) is 3.09. The summed E-state index contributed by atoms with van der Waals surface area (Å²) in [6.07, 6.45) is 2.36. The monoisotopic (exact) mass is 479 g/mol. The average molecular weight is 480 g/mol. The highest BCUT2D eigenvalue weighted by molar-refractivity contribution is 9.10. The van der Waals surface area contributed by atoms with Crippen LogP contribution in [0.25, 0.3) is 11.0 Å². The standard InChI is InChI=1S/C21H20BrF2N3O3/c1-30-16-10-9-14(17(23)18(16)24)25-20(28)11-5-7-12(8-6-11)27-15-4-2-3-13(22)19(15)26-21(27)29/h2-4,9-12H,5-8H2,1H3,(H,25,28)(H,26,29)/t11-,12+. The third-order valence-corrected chi connectivity index (χ3v) is 6.32. The Balaban J connectivity index is 1.46. The van der Waals surface area contributed by atoms with E-state index in [0.29, 0.717) is 25.7 Å². The number of methoxy groups -OCH3 is 1. The molecule has 6 nitrogen and oxygen atoms in total.